The van der Waals surface area contributed by atoms with E-state index in [9.17, 15) is 0 Å². The fraction of sp³-hybridized carbons (Fsp3) is 0.125. The molecule has 2 nitrogen and oxygen atoms in total. The highest BCUT2D eigenvalue weighted by molar-refractivity contribution is 7.21. The molecule has 0 atom stereocenters. The fourth-order valence-electron chi connectivity index (χ4n) is 1.99. The minimum Gasteiger partial charge on any atom is -0.296 e. The average molecular weight is 266 g/mol. The number of thiazole rings is 1. The van der Waals surface area contributed by atoms with Gasteiger partial charge < -0.3 is 0 Å². The summed E-state index contributed by atoms with van der Waals surface area (Å²) in [5.41, 5.74) is 4.58. The lowest BCUT2D eigenvalue weighted by Crippen LogP contribution is -1.80. The molecule has 0 amide bonds. The van der Waals surface area contributed by atoms with Crippen LogP contribution in [0.5, 0.6) is 0 Å². The van der Waals surface area contributed by atoms with Gasteiger partial charge in [-0.2, -0.15) is 0 Å². The molecule has 0 saturated carbocycles. The van der Waals surface area contributed by atoms with Crippen LogP contribution in [0, 0.1) is 6.92 Å². The first-order valence-corrected chi connectivity index (χ1v) is 6.98. The molecule has 0 aliphatic carbocycles. The molecule has 0 radical (unpaired) electrons. The summed E-state index contributed by atoms with van der Waals surface area (Å²) in [4.78, 5) is 8.75. The second-order valence-electron chi connectivity index (χ2n) is 4.50. The molecule has 19 heavy (non-hydrogen) atoms. The number of fused-ring (bicyclic) bond motifs is 1. The number of benzene rings is 2. The Morgan fingerprint density at radius 1 is 1.11 bits per heavy atom. The third-order valence-electron chi connectivity index (χ3n) is 2.99. The molecule has 0 saturated heterocycles. The van der Waals surface area contributed by atoms with E-state index in [0.717, 1.165) is 16.1 Å². The predicted molar refractivity (Wildman–Crippen MR) is 83.3 cm³/mol. The van der Waals surface area contributed by atoms with E-state index in [0.29, 0.717) is 0 Å². The van der Waals surface area contributed by atoms with Gasteiger partial charge in [0.15, 0.2) is 0 Å². The Labute approximate surface area is 116 Å². The summed E-state index contributed by atoms with van der Waals surface area (Å²) in [6.07, 6.45) is 1.85. The Hall–Kier alpha value is -2.00. The van der Waals surface area contributed by atoms with Crippen molar-refractivity contribution < 1.29 is 0 Å². The lowest BCUT2D eigenvalue weighted by atomic mass is 10.2. The van der Waals surface area contributed by atoms with E-state index in [4.69, 9.17) is 4.98 Å². The summed E-state index contributed by atoms with van der Waals surface area (Å²) in [5, 5.41) is 1.07. The predicted octanol–water partition coefficient (Wildman–Crippen LogP) is 4.32. The second-order valence-corrected chi connectivity index (χ2v) is 5.53. The van der Waals surface area contributed by atoms with Gasteiger partial charge in [-0.15, -0.1) is 11.3 Å². The van der Waals surface area contributed by atoms with Gasteiger partial charge in [0.1, 0.15) is 5.01 Å². The largest absolute Gasteiger partial charge is 0.296 e. The highest BCUT2D eigenvalue weighted by Crippen LogP contribution is 2.30. The van der Waals surface area contributed by atoms with Gasteiger partial charge in [-0.05, 0) is 24.6 Å². The van der Waals surface area contributed by atoms with Gasteiger partial charge in [0, 0.05) is 18.8 Å². The molecule has 2 aromatic carbocycles. The maximum atomic E-state index is 4.71. The Morgan fingerprint density at radius 3 is 2.63 bits per heavy atom. The van der Waals surface area contributed by atoms with E-state index < -0.39 is 0 Å². The number of aryl methyl sites for hydroxylation is 1. The maximum absolute atomic E-state index is 4.71. The van der Waals surface area contributed by atoms with Gasteiger partial charge in [-0.1, -0.05) is 35.9 Å². The number of hydrogen-bond donors (Lipinski definition) is 0. The Kier molecular flexibility index (Phi) is 3.13. The standard InChI is InChI=1S/C16H14N2S/c1-11-3-6-13(7-4-11)16-18-14-9-12(10-17-2)5-8-15(14)19-16/h3-10H,1-2H3. The molecule has 0 aliphatic heterocycles. The molecule has 0 unspecified atom stereocenters. The first kappa shape index (κ1) is 12.1. The zero-order valence-electron chi connectivity index (χ0n) is 10.9. The minimum atomic E-state index is 1.04. The highest BCUT2D eigenvalue weighted by Gasteiger charge is 2.06. The van der Waals surface area contributed by atoms with Crippen molar-refractivity contribution >= 4 is 27.8 Å². The number of nitrogens with zero attached hydrogens (tertiary/aromatic N) is 2. The van der Waals surface area contributed by atoms with Crippen LogP contribution in [0.3, 0.4) is 0 Å². The zero-order chi connectivity index (χ0) is 13.2. The van der Waals surface area contributed by atoms with E-state index >= 15 is 0 Å². The van der Waals surface area contributed by atoms with Crippen molar-refractivity contribution in [3.05, 3.63) is 53.6 Å². The van der Waals surface area contributed by atoms with E-state index in [1.54, 1.807) is 18.4 Å². The number of aliphatic imine (C=N–C) groups is 1. The summed E-state index contributed by atoms with van der Waals surface area (Å²) >= 11 is 1.73. The van der Waals surface area contributed by atoms with E-state index in [-0.39, 0.29) is 0 Å². The van der Waals surface area contributed by atoms with Crippen LogP contribution in [0.2, 0.25) is 0 Å². The number of hydrogen-bond acceptors (Lipinski definition) is 3. The van der Waals surface area contributed by atoms with Crippen LogP contribution in [-0.4, -0.2) is 18.2 Å². The average Bonchev–Trinajstić information content (AvgIpc) is 2.83. The van der Waals surface area contributed by atoms with Crippen LogP contribution < -0.4 is 0 Å². The van der Waals surface area contributed by atoms with Gasteiger partial charge in [0.2, 0.25) is 0 Å². The lowest BCUT2D eigenvalue weighted by molar-refractivity contribution is 1.43. The molecule has 3 rings (SSSR count). The summed E-state index contributed by atoms with van der Waals surface area (Å²) < 4.78 is 1.21. The first-order chi connectivity index (χ1) is 9.26. The monoisotopic (exact) mass is 266 g/mol. The molecular weight excluding hydrogens is 252 g/mol. The number of aromatic nitrogens is 1. The Balaban J connectivity index is 2.08. The molecule has 1 aromatic heterocycles. The van der Waals surface area contributed by atoms with Crippen LogP contribution >= 0.6 is 11.3 Å². The fourth-order valence-corrected chi connectivity index (χ4v) is 2.94. The van der Waals surface area contributed by atoms with Crippen LogP contribution in [0.4, 0.5) is 0 Å². The topological polar surface area (TPSA) is 25.2 Å². The molecular formula is C16H14N2S. The van der Waals surface area contributed by atoms with Gasteiger partial charge in [-0.25, -0.2) is 4.98 Å². The molecule has 3 heteroatoms. The Bertz CT molecular complexity index is 739. The molecule has 0 spiro atoms. The SMILES string of the molecule is CN=Cc1ccc2sc(-c3ccc(C)cc3)nc2c1. The van der Waals surface area contributed by atoms with E-state index in [2.05, 4.69) is 54.4 Å². The Morgan fingerprint density at radius 2 is 1.89 bits per heavy atom. The molecule has 94 valence electrons. The van der Waals surface area contributed by atoms with Gasteiger partial charge >= 0.3 is 0 Å². The van der Waals surface area contributed by atoms with Crippen LogP contribution in [0.15, 0.2) is 47.5 Å². The lowest BCUT2D eigenvalue weighted by Gasteiger charge is -1.95. The normalized spacial score (nSPS) is 11.5. The molecule has 0 bridgehead atoms. The third kappa shape index (κ3) is 2.42. The summed E-state index contributed by atoms with van der Waals surface area (Å²) in [6.45, 7) is 2.10. The minimum absolute atomic E-state index is 1.04. The molecule has 0 aliphatic rings. The smallest absolute Gasteiger partial charge is 0.124 e. The van der Waals surface area contributed by atoms with Crippen molar-refractivity contribution in [1.82, 2.24) is 4.98 Å². The van der Waals surface area contributed by atoms with Crippen molar-refractivity contribution in [3.8, 4) is 10.6 Å². The van der Waals surface area contributed by atoms with Gasteiger partial charge in [-0.3, -0.25) is 4.99 Å². The summed E-state index contributed by atoms with van der Waals surface area (Å²) in [7, 11) is 1.78. The quantitative estimate of drug-likeness (QED) is 0.634. The summed E-state index contributed by atoms with van der Waals surface area (Å²) in [5.74, 6) is 0. The van der Waals surface area contributed by atoms with Crippen molar-refractivity contribution in [2.45, 2.75) is 6.92 Å². The third-order valence-corrected chi connectivity index (χ3v) is 4.07. The van der Waals surface area contributed by atoms with Crippen LogP contribution in [0.1, 0.15) is 11.1 Å². The van der Waals surface area contributed by atoms with Crippen molar-refractivity contribution in [1.29, 1.82) is 0 Å². The van der Waals surface area contributed by atoms with Crippen LogP contribution in [-0.2, 0) is 0 Å². The van der Waals surface area contributed by atoms with Gasteiger partial charge in [0.05, 0.1) is 10.2 Å². The maximum Gasteiger partial charge on any atom is 0.124 e. The second kappa shape index (κ2) is 4.94. The molecule has 1 heterocycles. The highest BCUT2D eigenvalue weighted by atomic mass is 32.1. The van der Waals surface area contributed by atoms with E-state index in [1.807, 2.05) is 6.21 Å². The molecule has 0 N–H and O–H groups in total. The van der Waals surface area contributed by atoms with Crippen molar-refractivity contribution in [2.24, 2.45) is 4.99 Å². The molecule has 3 aromatic rings. The number of rotatable bonds is 2. The molecule has 0 fully saturated rings. The van der Waals surface area contributed by atoms with Gasteiger partial charge in [0.25, 0.3) is 0 Å². The summed E-state index contributed by atoms with van der Waals surface area (Å²) in [6, 6.07) is 14.8. The van der Waals surface area contributed by atoms with Crippen molar-refractivity contribution in [2.75, 3.05) is 7.05 Å². The zero-order valence-corrected chi connectivity index (χ0v) is 11.7. The van der Waals surface area contributed by atoms with E-state index in [1.165, 1.54) is 15.8 Å². The van der Waals surface area contributed by atoms with Crippen LogP contribution in [0.25, 0.3) is 20.8 Å². The van der Waals surface area contributed by atoms with Crippen molar-refractivity contribution in [3.63, 3.8) is 0 Å². The first-order valence-electron chi connectivity index (χ1n) is 6.16.